The van der Waals surface area contributed by atoms with Gasteiger partial charge in [-0.15, -0.1) is 0 Å². The van der Waals surface area contributed by atoms with Crippen LogP contribution >= 0.6 is 31.9 Å². The highest BCUT2D eigenvalue weighted by Gasteiger charge is 2.22. The molecular weight excluding hydrogens is 340 g/mol. The highest BCUT2D eigenvalue weighted by Crippen LogP contribution is 2.35. The van der Waals surface area contributed by atoms with E-state index >= 15 is 0 Å². The number of fused-ring (bicyclic) bond motifs is 1. The summed E-state index contributed by atoms with van der Waals surface area (Å²) < 4.78 is 2.30. The van der Waals surface area contributed by atoms with Gasteiger partial charge in [-0.2, -0.15) is 0 Å². The molecule has 2 aromatic carbocycles. The first-order valence-corrected chi connectivity index (χ1v) is 7.34. The molecule has 0 heterocycles. The molecule has 0 nitrogen and oxygen atoms in total. The minimum absolute atomic E-state index is 0.626. The van der Waals surface area contributed by atoms with E-state index in [0.29, 0.717) is 5.92 Å². The summed E-state index contributed by atoms with van der Waals surface area (Å²) in [4.78, 5) is 0. The molecule has 0 aromatic heterocycles. The second-order valence-corrected chi connectivity index (χ2v) is 6.41. The van der Waals surface area contributed by atoms with Gasteiger partial charge in [-0.05, 0) is 53.6 Å². The first kappa shape index (κ1) is 11.5. The SMILES string of the molecule is Brc1cc(Br)cc(C2Cc3ccccc3C2)c1. The topological polar surface area (TPSA) is 0 Å². The Morgan fingerprint density at radius 2 is 1.35 bits per heavy atom. The second-order valence-electron chi connectivity index (χ2n) is 4.58. The first-order chi connectivity index (χ1) is 8.22. The van der Waals surface area contributed by atoms with Crippen molar-refractivity contribution in [3.05, 3.63) is 68.1 Å². The number of benzene rings is 2. The van der Waals surface area contributed by atoms with Gasteiger partial charge in [-0.3, -0.25) is 0 Å². The van der Waals surface area contributed by atoms with E-state index < -0.39 is 0 Å². The molecule has 0 atom stereocenters. The molecule has 0 amide bonds. The van der Waals surface area contributed by atoms with Crippen LogP contribution < -0.4 is 0 Å². The molecule has 86 valence electrons. The summed E-state index contributed by atoms with van der Waals surface area (Å²) in [6, 6.07) is 15.3. The number of hydrogen-bond acceptors (Lipinski definition) is 0. The van der Waals surface area contributed by atoms with Gasteiger partial charge < -0.3 is 0 Å². The maximum Gasteiger partial charge on any atom is 0.0189 e. The van der Waals surface area contributed by atoms with E-state index in [0.717, 1.165) is 8.95 Å². The minimum atomic E-state index is 0.626. The Bertz CT molecular complexity index is 515. The van der Waals surface area contributed by atoms with Crippen LogP contribution in [0.3, 0.4) is 0 Å². The fourth-order valence-electron chi connectivity index (χ4n) is 2.61. The van der Waals surface area contributed by atoms with Crippen LogP contribution in [0.2, 0.25) is 0 Å². The van der Waals surface area contributed by atoms with Gasteiger partial charge >= 0.3 is 0 Å². The van der Waals surface area contributed by atoms with Crippen LogP contribution in [0, 0.1) is 0 Å². The van der Waals surface area contributed by atoms with Crippen molar-refractivity contribution in [2.75, 3.05) is 0 Å². The fraction of sp³-hybridized carbons (Fsp3) is 0.200. The average Bonchev–Trinajstić information content (AvgIpc) is 2.71. The summed E-state index contributed by atoms with van der Waals surface area (Å²) in [5.41, 5.74) is 4.43. The summed E-state index contributed by atoms with van der Waals surface area (Å²) in [6.07, 6.45) is 2.33. The van der Waals surface area contributed by atoms with E-state index in [4.69, 9.17) is 0 Å². The van der Waals surface area contributed by atoms with Gasteiger partial charge in [-0.25, -0.2) is 0 Å². The Labute approximate surface area is 118 Å². The van der Waals surface area contributed by atoms with E-state index in [9.17, 15) is 0 Å². The predicted molar refractivity (Wildman–Crippen MR) is 78.4 cm³/mol. The predicted octanol–water partition coefficient (Wildman–Crippen LogP) is 5.09. The summed E-state index contributed by atoms with van der Waals surface area (Å²) in [7, 11) is 0. The molecule has 3 rings (SSSR count). The van der Waals surface area contributed by atoms with Crippen LogP contribution in [-0.2, 0) is 12.8 Å². The summed E-state index contributed by atoms with van der Waals surface area (Å²) >= 11 is 7.13. The molecule has 0 saturated heterocycles. The second kappa shape index (κ2) is 4.58. The Morgan fingerprint density at radius 3 is 1.88 bits per heavy atom. The van der Waals surface area contributed by atoms with Crippen LogP contribution in [-0.4, -0.2) is 0 Å². The molecule has 1 aliphatic carbocycles. The molecule has 0 spiro atoms. The molecule has 0 bridgehead atoms. The van der Waals surface area contributed by atoms with Gasteiger partial charge in [0.1, 0.15) is 0 Å². The molecule has 0 saturated carbocycles. The van der Waals surface area contributed by atoms with Crippen molar-refractivity contribution in [1.82, 2.24) is 0 Å². The third kappa shape index (κ3) is 2.34. The van der Waals surface area contributed by atoms with Crippen LogP contribution in [0.4, 0.5) is 0 Å². The highest BCUT2D eigenvalue weighted by atomic mass is 79.9. The van der Waals surface area contributed by atoms with Gasteiger partial charge in [0.15, 0.2) is 0 Å². The Balaban J connectivity index is 1.93. The number of rotatable bonds is 1. The highest BCUT2D eigenvalue weighted by molar-refractivity contribution is 9.11. The lowest BCUT2D eigenvalue weighted by Gasteiger charge is -2.10. The van der Waals surface area contributed by atoms with E-state index in [1.165, 1.54) is 29.5 Å². The lowest BCUT2D eigenvalue weighted by atomic mass is 9.96. The van der Waals surface area contributed by atoms with Crippen molar-refractivity contribution in [3.63, 3.8) is 0 Å². The fourth-order valence-corrected chi connectivity index (χ4v) is 3.93. The molecule has 0 aliphatic heterocycles. The van der Waals surface area contributed by atoms with Crippen molar-refractivity contribution in [2.24, 2.45) is 0 Å². The molecule has 2 aromatic rings. The van der Waals surface area contributed by atoms with Gasteiger partial charge in [0, 0.05) is 8.95 Å². The molecule has 17 heavy (non-hydrogen) atoms. The lowest BCUT2D eigenvalue weighted by molar-refractivity contribution is 0.740. The monoisotopic (exact) mass is 350 g/mol. The summed E-state index contributed by atoms with van der Waals surface area (Å²) in [6.45, 7) is 0. The summed E-state index contributed by atoms with van der Waals surface area (Å²) in [5, 5.41) is 0. The molecule has 1 aliphatic rings. The number of hydrogen-bond donors (Lipinski definition) is 0. The van der Waals surface area contributed by atoms with E-state index in [2.05, 4.69) is 74.3 Å². The van der Waals surface area contributed by atoms with E-state index in [1.54, 1.807) is 0 Å². The maximum absolute atomic E-state index is 3.57. The Kier molecular flexibility index (Phi) is 3.10. The smallest absolute Gasteiger partial charge is 0.0189 e. The zero-order chi connectivity index (χ0) is 11.8. The third-order valence-electron chi connectivity index (χ3n) is 3.41. The molecule has 0 unspecified atom stereocenters. The van der Waals surface area contributed by atoms with Crippen LogP contribution in [0.5, 0.6) is 0 Å². The molecule has 0 N–H and O–H groups in total. The van der Waals surface area contributed by atoms with Gasteiger partial charge in [0.25, 0.3) is 0 Å². The average molecular weight is 352 g/mol. The van der Waals surface area contributed by atoms with Crippen molar-refractivity contribution >= 4 is 31.9 Å². The van der Waals surface area contributed by atoms with E-state index in [-0.39, 0.29) is 0 Å². The molecule has 2 heteroatoms. The van der Waals surface area contributed by atoms with Gasteiger partial charge in [-0.1, -0.05) is 56.1 Å². The van der Waals surface area contributed by atoms with Crippen LogP contribution in [0.25, 0.3) is 0 Å². The molecule has 0 fully saturated rings. The Morgan fingerprint density at radius 1 is 0.824 bits per heavy atom. The Hall–Kier alpha value is -0.600. The normalized spacial score (nSPS) is 14.9. The quantitative estimate of drug-likeness (QED) is 0.670. The number of halogens is 2. The van der Waals surface area contributed by atoms with Crippen LogP contribution in [0.15, 0.2) is 51.4 Å². The standard InChI is InChI=1S/C15H12Br2/c16-14-7-13(8-15(17)9-14)12-5-10-3-1-2-4-11(10)6-12/h1-4,7-9,12H,5-6H2. The largest absolute Gasteiger partial charge is 0.0620 e. The maximum atomic E-state index is 3.57. The van der Waals surface area contributed by atoms with E-state index in [1.807, 2.05) is 0 Å². The van der Waals surface area contributed by atoms with Crippen molar-refractivity contribution in [3.8, 4) is 0 Å². The van der Waals surface area contributed by atoms with Crippen molar-refractivity contribution in [2.45, 2.75) is 18.8 Å². The minimum Gasteiger partial charge on any atom is -0.0620 e. The lowest BCUT2D eigenvalue weighted by Crippen LogP contribution is -1.97. The molecular formula is C15H12Br2. The first-order valence-electron chi connectivity index (χ1n) is 5.75. The zero-order valence-electron chi connectivity index (χ0n) is 9.29. The summed E-state index contributed by atoms with van der Waals surface area (Å²) in [5.74, 6) is 0.626. The van der Waals surface area contributed by atoms with Gasteiger partial charge in [0.05, 0.1) is 0 Å². The van der Waals surface area contributed by atoms with Crippen molar-refractivity contribution in [1.29, 1.82) is 0 Å². The van der Waals surface area contributed by atoms with Crippen molar-refractivity contribution < 1.29 is 0 Å². The van der Waals surface area contributed by atoms with Crippen LogP contribution in [0.1, 0.15) is 22.6 Å². The zero-order valence-corrected chi connectivity index (χ0v) is 12.5. The van der Waals surface area contributed by atoms with Gasteiger partial charge in [0.2, 0.25) is 0 Å². The molecule has 0 radical (unpaired) electrons. The third-order valence-corrected chi connectivity index (χ3v) is 4.32.